The third-order valence-corrected chi connectivity index (χ3v) is 6.99. The molecule has 4 rings (SSSR count). The highest BCUT2D eigenvalue weighted by molar-refractivity contribution is 5.98. The Balaban J connectivity index is 1.59. The van der Waals surface area contributed by atoms with Crippen molar-refractivity contribution >= 4 is 11.8 Å². The van der Waals surface area contributed by atoms with Crippen molar-refractivity contribution < 1.29 is 9.59 Å². The lowest BCUT2D eigenvalue weighted by molar-refractivity contribution is -0.135. The molecule has 3 aliphatic rings. The average Bonchev–Trinajstić information content (AvgIpc) is 3.29. The molecular formula is C22H31N3O2. The van der Waals surface area contributed by atoms with Crippen LogP contribution in [0.3, 0.4) is 0 Å². The van der Waals surface area contributed by atoms with E-state index in [1.54, 1.807) is 0 Å². The number of nitrogens with two attached hydrogens (primary N) is 1. The molecule has 4 atom stereocenters. The Labute approximate surface area is 161 Å². The maximum absolute atomic E-state index is 13.4. The van der Waals surface area contributed by atoms with Gasteiger partial charge in [-0.1, -0.05) is 38.0 Å². The SMILES string of the molecule is CC1(CN)CCN(C(=O)C2CC3CCCCC3N2C(=O)c2ccccc2)C1. The quantitative estimate of drug-likeness (QED) is 0.891. The van der Waals surface area contributed by atoms with Crippen LogP contribution < -0.4 is 5.73 Å². The molecule has 1 aromatic carbocycles. The molecule has 4 unspecified atom stereocenters. The van der Waals surface area contributed by atoms with Crippen molar-refractivity contribution in [2.24, 2.45) is 17.1 Å². The molecule has 0 bridgehead atoms. The lowest BCUT2D eigenvalue weighted by atomic mass is 9.84. The first kappa shape index (κ1) is 18.5. The maximum atomic E-state index is 13.4. The Bertz CT molecular complexity index is 707. The molecule has 2 amide bonds. The molecule has 5 nitrogen and oxygen atoms in total. The van der Waals surface area contributed by atoms with Crippen LogP contribution in [0.2, 0.25) is 0 Å². The first-order valence-electron chi connectivity index (χ1n) is 10.4. The Hall–Kier alpha value is -1.88. The lowest BCUT2D eigenvalue weighted by Gasteiger charge is -2.35. The summed E-state index contributed by atoms with van der Waals surface area (Å²) < 4.78 is 0. The molecule has 1 saturated carbocycles. The fourth-order valence-electron chi connectivity index (χ4n) is 5.29. The summed E-state index contributed by atoms with van der Waals surface area (Å²) in [6.07, 6.45) is 6.28. The van der Waals surface area contributed by atoms with Crippen molar-refractivity contribution in [1.82, 2.24) is 9.80 Å². The normalized spacial score (nSPS) is 33.2. The number of nitrogens with zero attached hydrogens (tertiary/aromatic N) is 2. The highest BCUT2D eigenvalue weighted by Gasteiger charge is 2.49. The zero-order chi connectivity index (χ0) is 19.0. The van der Waals surface area contributed by atoms with Gasteiger partial charge in [-0.3, -0.25) is 9.59 Å². The summed E-state index contributed by atoms with van der Waals surface area (Å²) in [7, 11) is 0. The molecule has 2 aliphatic heterocycles. The van der Waals surface area contributed by atoms with Gasteiger partial charge in [-0.25, -0.2) is 0 Å². The monoisotopic (exact) mass is 369 g/mol. The third kappa shape index (κ3) is 3.38. The van der Waals surface area contributed by atoms with E-state index in [1.807, 2.05) is 40.1 Å². The van der Waals surface area contributed by atoms with Crippen LogP contribution in [0.25, 0.3) is 0 Å². The molecule has 2 N–H and O–H groups in total. The van der Waals surface area contributed by atoms with E-state index >= 15 is 0 Å². The van der Waals surface area contributed by atoms with Gasteiger partial charge in [-0.2, -0.15) is 0 Å². The molecule has 2 saturated heterocycles. The van der Waals surface area contributed by atoms with Gasteiger partial charge in [0.2, 0.25) is 5.91 Å². The van der Waals surface area contributed by atoms with Crippen LogP contribution >= 0.6 is 0 Å². The second-order valence-electron chi connectivity index (χ2n) is 8.97. The molecular weight excluding hydrogens is 338 g/mol. The van der Waals surface area contributed by atoms with E-state index in [0.717, 1.165) is 38.6 Å². The summed E-state index contributed by atoms with van der Waals surface area (Å²) in [4.78, 5) is 30.7. The molecule has 2 heterocycles. The van der Waals surface area contributed by atoms with Gasteiger partial charge in [0.25, 0.3) is 5.91 Å². The highest BCUT2D eigenvalue weighted by atomic mass is 16.2. The molecule has 1 aliphatic carbocycles. The predicted molar refractivity (Wildman–Crippen MR) is 105 cm³/mol. The largest absolute Gasteiger partial charge is 0.340 e. The molecule has 27 heavy (non-hydrogen) atoms. The number of carbonyl (C=O) groups is 2. The molecule has 1 aromatic rings. The van der Waals surface area contributed by atoms with Crippen LogP contribution in [0.5, 0.6) is 0 Å². The minimum Gasteiger partial charge on any atom is -0.340 e. The van der Waals surface area contributed by atoms with Crippen LogP contribution in [0.15, 0.2) is 30.3 Å². The summed E-state index contributed by atoms with van der Waals surface area (Å²) >= 11 is 0. The number of fused-ring (bicyclic) bond motifs is 1. The Morgan fingerprint density at radius 1 is 1.19 bits per heavy atom. The van der Waals surface area contributed by atoms with E-state index in [2.05, 4.69) is 6.92 Å². The summed E-state index contributed by atoms with van der Waals surface area (Å²) in [6, 6.07) is 9.33. The molecule has 0 spiro atoms. The predicted octanol–water partition coefficient (Wildman–Crippen LogP) is 2.66. The summed E-state index contributed by atoms with van der Waals surface area (Å²) in [5.74, 6) is 0.610. The fourth-order valence-corrected chi connectivity index (χ4v) is 5.29. The van der Waals surface area contributed by atoms with Gasteiger partial charge in [0, 0.05) is 24.7 Å². The van der Waals surface area contributed by atoms with Crippen molar-refractivity contribution in [1.29, 1.82) is 0 Å². The Morgan fingerprint density at radius 2 is 1.93 bits per heavy atom. The summed E-state index contributed by atoms with van der Waals surface area (Å²) in [5.41, 5.74) is 6.63. The van der Waals surface area contributed by atoms with Crippen molar-refractivity contribution in [2.45, 2.75) is 57.5 Å². The second-order valence-corrected chi connectivity index (χ2v) is 8.97. The van der Waals surface area contributed by atoms with Gasteiger partial charge < -0.3 is 15.5 Å². The average molecular weight is 370 g/mol. The van der Waals surface area contributed by atoms with E-state index in [-0.39, 0.29) is 29.3 Å². The number of rotatable bonds is 3. The van der Waals surface area contributed by atoms with Crippen molar-refractivity contribution in [2.75, 3.05) is 19.6 Å². The van der Waals surface area contributed by atoms with Gasteiger partial charge in [-0.05, 0) is 55.7 Å². The van der Waals surface area contributed by atoms with Gasteiger partial charge >= 0.3 is 0 Å². The smallest absolute Gasteiger partial charge is 0.254 e. The lowest BCUT2D eigenvalue weighted by Crippen LogP contribution is -2.50. The van der Waals surface area contributed by atoms with Crippen molar-refractivity contribution in [3.05, 3.63) is 35.9 Å². The second kappa shape index (κ2) is 7.27. The highest BCUT2D eigenvalue weighted by Crippen LogP contribution is 2.42. The van der Waals surface area contributed by atoms with Crippen LogP contribution in [0.1, 0.15) is 55.8 Å². The zero-order valence-electron chi connectivity index (χ0n) is 16.3. The van der Waals surface area contributed by atoms with E-state index in [4.69, 9.17) is 5.73 Å². The maximum Gasteiger partial charge on any atom is 0.254 e. The minimum atomic E-state index is -0.314. The molecule has 3 fully saturated rings. The van der Waals surface area contributed by atoms with Gasteiger partial charge in [0.05, 0.1) is 0 Å². The molecule has 5 heteroatoms. The Kier molecular flexibility index (Phi) is 4.97. The third-order valence-electron chi connectivity index (χ3n) is 6.99. The van der Waals surface area contributed by atoms with E-state index in [9.17, 15) is 9.59 Å². The first-order valence-corrected chi connectivity index (χ1v) is 10.4. The van der Waals surface area contributed by atoms with Crippen molar-refractivity contribution in [3.63, 3.8) is 0 Å². The number of carbonyl (C=O) groups excluding carboxylic acids is 2. The van der Waals surface area contributed by atoms with Crippen LogP contribution in [0.4, 0.5) is 0 Å². The number of hydrogen-bond acceptors (Lipinski definition) is 3. The van der Waals surface area contributed by atoms with E-state index < -0.39 is 0 Å². The fraction of sp³-hybridized carbons (Fsp3) is 0.636. The van der Waals surface area contributed by atoms with E-state index in [0.29, 0.717) is 24.6 Å². The molecule has 0 radical (unpaired) electrons. The summed E-state index contributed by atoms with van der Waals surface area (Å²) in [5, 5.41) is 0. The molecule has 0 aromatic heterocycles. The molecule has 146 valence electrons. The van der Waals surface area contributed by atoms with Crippen LogP contribution in [-0.4, -0.2) is 53.3 Å². The van der Waals surface area contributed by atoms with Gasteiger partial charge in [-0.15, -0.1) is 0 Å². The number of benzene rings is 1. The van der Waals surface area contributed by atoms with E-state index in [1.165, 1.54) is 6.42 Å². The zero-order valence-corrected chi connectivity index (χ0v) is 16.3. The topological polar surface area (TPSA) is 66.6 Å². The van der Waals surface area contributed by atoms with Crippen LogP contribution in [-0.2, 0) is 4.79 Å². The minimum absolute atomic E-state index is 0.00922. The summed E-state index contributed by atoms with van der Waals surface area (Å²) in [6.45, 7) is 4.22. The number of amides is 2. The standard InChI is InChI=1S/C22H31N3O2/c1-22(14-23)11-12-24(15-22)21(27)19-13-17-9-5-6-10-18(17)25(19)20(26)16-7-3-2-4-8-16/h2-4,7-8,17-19H,5-6,9-15,23H2,1H3. The van der Waals surface area contributed by atoms with Gasteiger partial charge in [0.15, 0.2) is 0 Å². The Morgan fingerprint density at radius 3 is 2.63 bits per heavy atom. The number of likely N-dealkylation sites (tertiary alicyclic amines) is 2. The van der Waals surface area contributed by atoms with Crippen molar-refractivity contribution in [3.8, 4) is 0 Å². The number of hydrogen-bond donors (Lipinski definition) is 1. The first-order chi connectivity index (χ1) is 13.0. The van der Waals surface area contributed by atoms with Crippen LogP contribution in [0, 0.1) is 11.3 Å². The van der Waals surface area contributed by atoms with Gasteiger partial charge in [0.1, 0.15) is 6.04 Å².